The van der Waals surface area contributed by atoms with Gasteiger partial charge in [0.25, 0.3) is 0 Å². The first kappa shape index (κ1) is 18.1. The summed E-state index contributed by atoms with van der Waals surface area (Å²) >= 11 is 0. The molecule has 0 saturated carbocycles. The highest BCUT2D eigenvalue weighted by Crippen LogP contribution is 2.15. The summed E-state index contributed by atoms with van der Waals surface area (Å²) in [6.45, 7) is 8.63. The Bertz CT molecular complexity index is 671. The highest BCUT2D eigenvalue weighted by atomic mass is 32.3. The number of rotatable bonds is 7. The molecular formula is C12H23N3O4S2. The molecule has 7 nitrogen and oxygen atoms in total. The molecule has 9 heteroatoms. The standard InChI is InChI=1S/C12H23N3O4S2/c1-6-20(16,7-2)15-21(17,18)14-9(3)8-12-10(4)13-19-11(12)5/h9,14H,6-8H2,1-5H3. The Morgan fingerprint density at radius 1 is 1.24 bits per heavy atom. The first-order valence-electron chi connectivity index (χ1n) is 6.80. The molecule has 0 bridgehead atoms. The average Bonchev–Trinajstić information content (AvgIpc) is 2.69. The second-order valence-corrected chi connectivity index (χ2v) is 9.41. The number of hydrogen-bond acceptors (Lipinski definition) is 5. The smallest absolute Gasteiger partial charge is 0.327 e. The molecule has 0 aliphatic heterocycles. The Kier molecular flexibility index (Phi) is 5.94. The van der Waals surface area contributed by atoms with Gasteiger partial charge in [0.05, 0.1) is 15.4 Å². The molecule has 0 aromatic carbocycles. The van der Waals surface area contributed by atoms with Crippen LogP contribution >= 0.6 is 0 Å². The lowest BCUT2D eigenvalue weighted by atomic mass is 10.1. The van der Waals surface area contributed by atoms with E-state index in [1.807, 2.05) is 0 Å². The highest BCUT2D eigenvalue weighted by molar-refractivity contribution is 8.02. The maximum atomic E-state index is 12.1. The summed E-state index contributed by atoms with van der Waals surface area (Å²) in [6, 6.07) is -0.395. The summed E-state index contributed by atoms with van der Waals surface area (Å²) in [7, 11) is -6.65. The number of aryl methyl sites for hydroxylation is 2. The number of aromatic nitrogens is 1. The Balaban J connectivity index is 2.88. The number of nitrogens with zero attached hydrogens (tertiary/aromatic N) is 2. The molecule has 0 amide bonds. The predicted molar refractivity (Wildman–Crippen MR) is 82.9 cm³/mol. The van der Waals surface area contributed by atoms with Gasteiger partial charge in [0.2, 0.25) is 0 Å². The van der Waals surface area contributed by atoms with Gasteiger partial charge >= 0.3 is 10.2 Å². The fraction of sp³-hybridized carbons (Fsp3) is 0.750. The zero-order chi connectivity index (χ0) is 16.3. The van der Waals surface area contributed by atoms with Gasteiger partial charge in [-0.25, -0.2) is 4.21 Å². The van der Waals surface area contributed by atoms with Crippen molar-refractivity contribution in [2.24, 2.45) is 3.77 Å². The molecule has 122 valence electrons. The predicted octanol–water partition coefficient (Wildman–Crippen LogP) is 1.56. The Labute approximate surface area is 126 Å². The van der Waals surface area contributed by atoms with Gasteiger partial charge in [-0.05, 0) is 27.2 Å². The lowest BCUT2D eigenvalue weighted by Gasteiger charge is -2.12. The first-order chi connectivity index (χ1) is 9.62. The third-order valence-electron chi connectivity index (χ3n) is 3.18. The third-order valence-corrected chi connectivity index (χ3v) is 7.55. The third kappa shape index (κ3) is 5.08. The minimum atomic E-state index is -3.94. The lowest BCUT2D eigenvalue weighted by Crippen LogP contribution is -2.33. The second kappa shape index (κ2) is 6.89. The lowest BCUT2D eigenvalue weighted by molar-refractivity contribution is 0.392. The van der Waals surface area contributed by atoms with Crippen LogP contribution in [0, 0.1) is 13.8 Å². The largest absolute Gasteiger partial charge is 0.361 e. The minimum absolute atomic E-state index is 0.211. The van der Waals surface area contributed by atoms with Crippen molar-refractivity contribution in [1.29, 1.82) is 0 Å². The van der Waals surface area contributed by atoms with Gasteiger partial charge in [0, 0.05) is 23.1 Å². The summed E-state index contributed by atoms with van der Waals surface area (Å²) in [4.78, 5) is 0. The van der Waals surface area contributed by atoms with Crippen molar-refractivity contribution < 1.29 is 17.1 Å². The van der Waals surface area contributed by atoms with Crippen molar-refractivity contribution in [3.8, 4) is 0 Å². The highest BCUT2D eigenvalue weighted by Gasteiger charge is 2.19. The van der Waals surface area contributed by atoms with Crippen LogP contribution in [0.25, 0.3) is 0 Å². The normalized spacial score (nSPS) is 14.1. The molecule has 21 heavy (non-hydrogen) atoms. The van der Waals surface area contributed by atoms with Crippen LogP contribution in [0.3, 0.4) is 0 Å². The zero-order valence-corrected chi connectivity index (χ0v) is 14.7. The molecule has 1 rings (SSSR count). The van der Waals surface area contributed by atoms with Crippen molar-refractivity contribution in [2.45, 2.75) is 47.1 Å². The Hall–Kier alpha value is -0.930. The van der Waals surface area contributed by atoms with Crippen molar-refractivity contribution in [1.82, 2.24) is 9.88 Å². The fourth-order valence-corrected chi connectivity index (χ4v) is 5.35. The molecule has 1 aromatic rings. The van der Waals surface area contributed by atoms with E-state index in [1.54, 1.807) is 34.6 Å². The van der Waals surface area contributed by atoms with Gasteiger partial charge in [-0.2, -0.15) is 13.1 Å². The van der Waals surface area contributed by atoms with Gasteiger partial charge in [-0.1, -0.05) is 22.8 Å². The number of nitrogens with one attached hydrogen (secondary N) is 1. The monoisotopic (exact) mass is 337 g/mol. The van der Waals surface area contributed by atoms with Gasteiger partial charge in [-0.15, -0.1) is 0 Å². The number of hydrogen-bond donors (Lipinski definition) is 1. The van der Waals surface area contributed by atoms with Crippen LogP contribution in [0.1, 0.15) is 37.8 Å². The summed E-state index contributed by atoms with van der Waals surface area (Å²) in [5, 5.41) is 3.83. The van der Waals surface area contributed by atoms with Gasteiger partial charge in [-0.3, -0.25) is 0 Å². The summed E-state index contributed by atoms with van der Waals surface area (Å²) in [5.41, 5.74) is 1.61. The van der Waals surface area contributed by atoms with Crippen molar-refractivity contribution in [3.63, 3.8) is 0 Å². The topological polar surface area (TPSA) is 102 Å². The van der Waals surface area contributed by atoms with Crippen LogP contribution in [-0.4, -0.2) is 35.3 Å². The first-order valence-corrected chi connectivity index (χ1v) is 10.1. The van der Waals surface area contributed by atoms with E-state index in [9.17, 15) is 12.6 Å². The van der Waals surface area contributed by atoms with Crippen LogP contribution in [0.5, 0.6) is 0 Å². The van der Waals surface area contributed by atoms with E-state index in [0.29, 0.717) is 12.2 Å². The maximum Gasteiger partial charge on any atom is 0.327 e. The van der Waals surface area contributed by atoms with E-state index < -0.39 is 26.0 Å². The molecule has 1 unspecified atom stereocenters. The van der Waals surface area contributed by atoms with E-state index in [0.717, 1.165) is 11.3 Å². The molecule has 0 aliphatic carbocycles. The zero-order valence-electron chi connectivity index (χ0n) is 13.0. The molecule has 1 heterocycles. The fourth-order valence-electron chi connectivity index (χ4n) is 1.91. The summed E-state index contributed by atoms with van der Waals surface area (Å²) in [5.74, 6) is 1.09. The molecule has 0 aliphatic rings. The van der Waals surface area contributed by atoms with Crippen molar-refractivity contribution in [3.05, 3.63) is 17.0 Å². The van der Waals surface area contributed by atoms with Crippen LogP contribution in [0.15, 0.2) is 8.29 Å². The molecule has 0 saturated heterocycles. The molecule has 1 aromatic heterocycles. The molecule has 0 fully saturated rings. The van der Waals surface area contributed by atoms with E-state index in [4.69, 9.17) is 4.52 Å². The summed E-state index contributed by atoms with van der Waals surface area (Å²) < 4.78 is 47.1. The summed E-state index contributed by atoms with van der Waals surface area (Å²) in [6.07, 6.45) is 0.440. The molecule has 0 radical (unpaired) electrons. The van der Waals surface area contributed by atoms with Gasteiger partial charge < -0.3 is 4.52 Å². The van der Waals surface area contributed by atoms with Gasteiger partial charge in [0.1, 0.15) is 5.76 Å². The minimum Gasteiger partial charge on any atom is -0.361 e. The Morgan fingerprint density at radius 3 is 2.24 bits per heavy atom. The van der Waals surface area contributed by atoms with E-state index in [2.05, 4.69) is 13.6 Å². The van der Waals surface area contributed by atoms with E-state index in [1.165, 1.54) is 0 Å². The van der Waals surface area contributed by atoms with Crippen molar-refractivity contribution in [2.75, 3.05) is 11.5 Å². The van der Waals surface area contributed by atoms with Crippen molar-refractivity contribution >= 4 is 19.9 Å². The SMILES string of the molecule is CCS(=O)(CC)=NS(=O)(=O)NC(C)Cc1c(C)noc1C. The van der Waals surface area contributed by atoms with Crippen LogP contribution in [0.2, 0.25) is 0 Å². The molecular weight excluding hydrogens is 314 g/mol. The molecule has 1 atom stereocenters. The van der Waals surface area contributed by atoms with E-state index in [-0.39, 0.29) is 11.5 Å². The quantitative estimate of drug-likeness (QED) is 0.813. The van der Waals surface area contributed by atoms with Crippen LogP contribution in [0.4, 0.5) is 0 Å². The molecule has 0 spiro atoms. The average molecular weight is 337 g/mol. The maximum absolute atomic E-state index is 12.1. The molecule has 1 N–H and O–H groups in total. The van der Waals surface area contributed by atoms with Gasteiger partial charge in [0.15, 0.2) is 0 Å². The van der Waals surface area contributed by atoms with Crippen LogP contribution < -0.4 is 4.72 Å². The van der Waals surface area contributed by atoms with E-state index >= 15 is 0 Å². The Morgan fingerprint density at radius 2 is 1.81 bits per heavy atom. The second-order valence-electron chi connectivity index (χ2n) is 4.93. The van der Waals surface area contributed by atoms with Crippen LogP contribution in [-0.2, 0) is 26.4 Å².